The molecule has 6 nitrogen and oxygen atoms in total. The molecule has 1 saturated heterocycles. The summed E-state index contributed by atoms with van der Waals surface area (Å²) >= 11 is 0.851. The van der Waals surface area contributed by atoms with Gasteiger partial charge in [-0.15, -0.1) is 0 Å². The molecule has 0 unspecified atom stereocenters. The lowest BCUT2D eigenvalue weighted by molar-refractivity contribution is -0.123. The predicted octanol–water partition coefficient (Wildman–Crippen LogP) is 4.69. The fourth-order valence-corrected chi connectivity index (χ4v) is 4.75. The van der Waals surface area contributed by atoms with Gasteiger partial charge in [0.2, 0.25) is 0 Å². The highest BCUT2D eigenvalue weighted by Crippen LogP contribution is 2.33. The zero-order valence-electron chi connectivity index (χ0n) is 16.2. The van der Waals surface area contributed by atoms with Crippen LogP contribution in [0.15, 0.2) is 94.7 Å². The lowest BCUT2D eigenvalue weighted by Crippen LogP contribution is -2.27. The lowest BCUT2D eigenvalue weighted by Gasteiger charge is -2.12. The number of benzene rings is 3. The van der Waals surface area contributed by atoms with Crippen LogP contribution in [0.3, 0.4) is 0 Å². The van der Waals surface area contributed by atoms with Crippen LogP contribution in [0.5, 0.6) is 5.75 Å². The minimum Gasteiger partial charge on any atom is -0.379 e. The molecule has 3 aromatic carbocycles. The number of rotatable bonds is 6. The molecule has 0 radical (unpaired) electrons. The predicted molar refractivity (Wildman–Crippen MR) is 119 cm³/mol. The van der Waals surface area contributed by atoms with Gasteiger partial charge in [-0.1, -0.05) is 60.7 Å². The molecule has 0 aromatic heterocycles. The molecule has 0 N–H and O–H groups in total. The molecule has 4 rings (SSSR count). The quantitative estimate of drug-likeness (QED) is 0.400. The Morgan fingerprint density at radius 2 is 1.55 bits per heavy atom. The minimum atomic E-state index is -3.98. The van der Waals surface area contributed by atoms with Gasteiger partial charge in [-0.05, 0) is 53.2 Å². The first-order chi connectivity index (χ1) is 14.9. The second-order valence-corrected chi connectivity index (χ2v) is 9.22. The second kappa shape index (κ2) is 8.79. The van der Waals surface area contributed by atoms with Crippen LogP contribution in [0.1, 0.15) is 11.1 Å². The fraction of sp³-hybridized carbons (Fsp3) is 0.0435. The van der Waals surface area contributed by atoms with Crippen LogP contribution in [0.4, 0.5) is 4.79 Å². The van der Waals surface area contributed by atoms with Crippen LogP contribution in [-0.4, -0.2) is 24.5 Å². The van der Waals surface area contributed by atoms with Crippen LogP contribution in [0.2, 0.25) is 0 Å². The number of nitrogens with zero attached hydrogens (tertiary/aromatic N) is 1. The largest absolute Gasteiger partial charge is 0.379 e. The molecule has 1 aliphatic heterocycles. The van der Waals surface area contributed by atoms with Crippen molar-refractivity contribution in [3.8, 4) is 5.75 Å². The number of hydrogen-bond donors (Lipinski definition) is 0. The second-order valence-electron chi connectivity index (χ2n) is 6.68. The smallest absolute Gasteiger partial charge is 0.339 e. The van der Waals surface area contributed by atoms with Gasteiger partial charge in [0.1, 0.15) is 10.6 Å². The monoisotopic (exact) mass is 451 g/mol. The third-order valence-corrected chi connectivity index (χ3v) is 6.62. The molecule has 2 amide bonds. The zero-order chi connectivity index (χ0) is 21.8. The van der Waals surface area contributed by atoms with E-state index in [1.807, 2.05) is 30.3 Å². The number of imide groups is 1. The molecule has 0 bridgehead atoms. The van der Waals surface area contributed by atoms with Gasteiger partial charge in [0, 0.05) is 0 Å². The Kier molecular flexibility index (Phi) is 5.92. The molecule has 1 aliphatic rings. The molecule has 0 saturated carbocycles. The van der Waals surface area contributed by atoms with Crippen LogP contribution >= 0.6 is 11.8 Å². The van der Waals surface area contributed by atoms with Crippen LogP contribution in [-0.2, 0) is 21.5 Å². The Hall–Kier alpha value is -3.36. The molecule has 1 heterocycles. The van der Waals surface area contributed by atoms with Crippen LogP contribution in [0, 0.1) is 0 Å². The number of carbonyl (C=O) groups is 2. The fourth-order valence-electron chi connectivity index (χ4n) is 2.97. The van der Waals surface area contributed by atoms with Crippen molar-refractivity contribution in [3.05, 3.63) is 101 Å². The summed E-state index contributed by atoms with van der Waals surface area (Å²) in [5, 5.41) is -0.348. The van der Waals surface area contributed by atoms with Gasteiger partial charge in [-0.3, -0.25) is 14.5 Å². The summed E-state index contributed by atoms with van der Waals surface area (Å²) in [7, 11) is -3.98. The molecule has 156 valence electrons. The average Bonchev–Trinajstić information content (AvgIpc) is 3.02. The lowest BCUT2D eigenvalue weighted by atomic mass is 10.2. The molecule has 8 heteroatoms. The Balaban J connectivity index is 1.53. The maximum Gasteiger partial charge on any atom is 0.339 e. The van der Waals surface area contributed by atoms with E-state index in [0.717, 1.165) is 17.3 Å². The first kappa shape index (κ1) is 20.9. The normalized spacial score (nSPS) is 15.5. The van der Waals surface area contributed by atoms with Crippen molar-refractivity contribution in [2.45, 2.75) is 11.4 Å². The van der Waals surface area contributed by atoms with E-state index in [-0.39, 0.29) is 33.2 Å². The van der Waals surface area contributed by atoms with Gasteiger partial charge >= 0.3 is 10.1 Å². The first-order valence-electron chi connectivity index (χ1n) is 9.31. The molecule has 0 spiro atoms. The number of carbonyl (C=O) groups excluding carboxylic acids is 2. The molecule has 3 aromatic rings. The Labute approximate surface area is 184 Å². The number of hydrogen-bond acceptors (Lipinski definition) is 6. The minimum absolute atomic E-state index is 0.0439. The topological polar surface area (TPSA) is 80.8 Å². The highest BCUT2D eigenvalue weighted by Gasteiger charge is 2.34. The average molecular weight is 452 g/mol. The van der Waals surface area contributed by atoms with E-state index in [1.54, 1.807) is 36.4 Å². The van der Waals surface area contributed by atoms with Crippen LogP contribution in [0.25, 0.3) is 6.08 Å². The van der Waals surface area contributed by atoms with Crippen molar-refractivity contribution in [1.29, 1.82) is 0 Å². The molecule has 0 aliphatic carbocycles. The number of amides is 2. The van der Waals surface area contributed by atoms with E-state index in [4.69, 9.17) is 4.18 Å². The van der Waals surface area contributed by atoms with Crippen molar-refractivity contribution in [2.24, 2.45) is 0 Å². The molecule has 1 fully saturated rings. The summed E-state index contributed by atoms with van der Waals surface area (Å²) in [5.41, 5.74) is 1.40. The zero-order valence-corrected chi connectivity index (χ0v) is 17.8. The highest BCUT2D eigenvalue weighted by molar-refractivity contribution is 8.18. The Morgan fingerprint density at radius 3 is 2.26 bits per heavy atom. The third kappa shape index (κ3) is 4.87. The highest BCUT2D eigenvalue weighted by atomic mass is 32.2. The maximum atomic E-state index is 12.7. The summed E-state index contributed by atoms with van der Waals surface area (Å²) in [6.07, 6.45) is 1.55. The molecule has 31 heavy (non-hydrogen) atoms. The standard InChI is InChI=1S/C23H17NO5S2/c25-22-21(30-23(26)24(22)16-17-8-3-1-4-9-17)15-18-10-7-11-19(14-18)29-31(27,28)20-12-5-2-6-13-20/h1-15H,16H2/b21-15-. The van der Waals surface area contributed by atoms with E-state index in [0.29, 0.717) is 5.56 Å². The summed E-state index contributed by atoms with van der Waals surface area (Å²) in [4.78, 5) is 26.5. The van der Waals surface area contributed by atoms with E-state index in [1.165, 1.54) is 29.2 Å². The summed E-state index contributed by atoms with van der Waals surface area (Å²) in [6, 6.07) is 23.4. The molecular formula is C23H17NO5S2. The van der Waals surface area contributed by atoms with Gasteiger partial charge in [0.25, 0.3) is 11.1 Å². The van der Waals surface area contributed by atoms with E-state index in [2.05, 4.69) is 0 Å². The molecule has 0 atom stereocenters. The van der Waals surface area contributed by atoms with Gasteiger partial charge in [-0.2, -0.15) is 8.42 Å². The SMILES string of the molecule is O=C1S/C(=C\c2cccc(OS(=O)(=O)c3ccccc3)c2)C(=O)N1Cc1ccccc1. The van der Waals surface area contributed by atoms with E-state index in [9.17, 15) is 18.0 Å². The van der Waals surface area contributed by atoms with Crippen molar-refractivity contribution < 1.29 is 22.2 Å². The number of thioether (sulfide) groups is 1. The van der Waals surface area contributed by atoms with Gasteiger partial charge in [0.15, 0.2) is 0 Å². The van der Waals surface area contributed by atoms with Crippen molar-refractivity contribution in [3.63, 3.8) is 0 Å². The summed E-state index contributed by atoms with van der Waals surface area (Å²) < 4.78 is 30.1. The van der Waals surface area contributed by atoms with Crippen molar-refractivity contribution in [1.82, 2.24) is 4.90 Å². The van der Waals surface area contributed by atoms with E-state index < -0.39 is 10.1 Å². The van der Waals surface area contributed by atoms with Crippen LogP contribution < -0.4 is 4.18 Å². The third-order valence-electron chi connectivity index (χ3n) is 4.45. The Bertz CT molecular complexity index is 1260. The van der Waals surface area contributed by atoms with Crippen molar-refractivity contribution in [2.75, 3.05) is 0 Å². The van der Waals surface area contributed by atoms with Crippen molar-refractivity contribution >= 4 is 39.1 Å². The van der Waals surface area contributed by atoms with Gasteiger partial charge in [0.05, 0.1) is 11.4 Å². The molecular weight excluding hydrogens is 434 g/mol. The van der Waals surface area contributed by atoms with Gasteiger partial charge < -0.3 is 4.18 Å². The first-order valence-corrected chi connectivity index (χ1v) is 11.5. The Morgan fingerprint density at radius 1 is 0.871 bits per heavy atom. The maximum absolute atomic E-state index is 12.7. The van der Waals surface area contributed by atoms with E-state index >= 15 is 0 Å². The summed E-state index contributed by atoms with van der Waals surface area (Å²) in [6.45, 7) is 0.196. The van der Waals surface area contributed by atoms with Gasteiger partial charge in [-0.25, -0.2) is 0 Å². The summed E-state index contributed by atoms with van der Waals surface area (Å²) in [5.74, 6) is -0.275.